The molecule has 0 unspecified atom stereocenters. The SMILES string of the molecule is Cc1cn2c3c(=O)n(CC(N)=O)c(=O)n(C)c3nc2n1-c1ccccc1. The van der Waals surface area contributed by atoms with E-state index >= 15 is 0 Å². The lowest BCUT2D eigenvalue weighted by atomic mass is 10.3. The number of carbonyl (C=O) groups is 1. The first kappa shape index (κ1) is 15.9. The molecule has 0 aliphatic heterocycles. The van der Waals surface area contributed by atoms with Gasteiger partial charge in [-0.3, -0.25) is 23.1 Å². The first-order chi connectivity index (χ1) is 12.4. The van der Waals surface area contributed by atoms with Crippen molar-refractivity contribution in [3.05, 3.63) is 63.1 Å². The van der Waals surface area contributed by atoms with Gasteiger partial charge in [0.15, 0.2) is 11.2 Å². The number of fused-ring (bicyclic) bond motifs is 3. The van der Waals surface area contributed by atoms with Crippen LogP contribution in [-0.2, 0) is 18.4 Å². The second-order valence-corrected chi connectivity index (χ2v) is 6.09. The van der Waals surface area contributed by atoms with E-state index in [0.29, 0.717) is 5.78 Å². The quantitative estimate of drug-likeness (QED) is 0.557. The Morgan fingerprint density at radius 3 is 2.54 bits per heavy atom. The van der Waals surface area contributed by atoms with E-state index < -0.39 is 23.7 Å². The largest absolute Gasteiger partial charge is 0.368 e. The smallest absolute Gasteiger partial charge is 0.332 e. The van der Waals surface area contributed by atoms with Crippen LogP contribution in [0.15, 0.2) is 46.1 Å². The molecular formula is C17H16N6O3. The molecule has 1 aromatic carbocycles. The number of nitrogens with zero attached hydrogens (tertiary/aromatic N) is 5. The molecule has 4 aromatic rings. The van der Waals surface area contributed by atoms with Gasteiger partial charge in [-0.25, -0.2) is 9.36 Å². The van der Waals surface area contributed by atoms with Gasteiger partial charge in [-0.05, 0) is 19.1 Å². The molecule has 0 aliphatic rings. The minimum Gasteiger partial charge on any atom is -0.368 e. The van der Waals surface area contributed by atoms with Crippen molar-refractivity contribution >= 4 is 22.8 Å². The van der Waals surface area contributed by atoms with Crippen LogP contribution in [0.4, 0.5) is 0 Å². The molecular weight excluding hydrogens is 336 g/mol. The summed E-state index contributed by atoms with van der Waals surface area (Å²) in [5.41, 5.74) is 6.17. The molecule has 0 saturated heterocycles. The van der Waals surface area contributed by atoms with E-state index in [4.69, 9.17) is 5.73 Å². The number of carbonyl (C=O) groups excluding carboxylic acids is 1. The molecule has 132 valence electrons. The molecule has 0 fully saturated rings. The minimum atomic E-state index is -0.762. The van der Waals surface area contributed by atoms with Gasteiger partial charge in [0, 0.05) is 24.6 Å². The highest BCUT2D eigenvalue weighted by atomic mass is 16.2. The number of rotatable bonds is 3. The lowest BCUT2D eigenvalue weighted by Gasteiger charge is -2.06. The Morgan fingerprint density at radius 2 is 1.88 bits per heavy atom. The van der Waals surface area contributed by atoms with Gasteiger partial charge >= 0.3 is 5.69 Å². The van der Waals surface area contributed by atoms with Crippen molar-refractivity contribution in [1.82, 2.24) is 23.1 Å². The Morgan fingerprint density at radius 1 is 1.19 bits per heavy atom. The molecule has 2 N–H and O–H groups in total. The number of imidazole rings is 2. The van der Waals surface area contributed by atoms with Crippen LogP contribution in [0.1, 0.15) is 5.69 Å². The first-order valence-corrected chi connectivity index (χ1v) is 7.94. The molecule has 3 aromatic heterocycles. The van der Waals surface area contributed by atoms with Crippen LogP contribution in [-0.4, -0.2) is 29.0 Å². The fraction of sp³-hybridized carbons (Fsp3) is 0.176. The summed E-state index contributed by atoms with van der Waals surface area (Å²) in [7, 11) is 1.51. The van der Waals surface area contributed by atoms with Crippen molar-refractivity contribution in [2.24, 2.45) is 12.8 Å². The van der Waals surface area contributed by atoms with Crippen molar-refractivity contribution in [2.45, 2.75) is 13.5 Å². The van der Waals surface area contributed by atoms with Crippen LogP contribution in [0.3, 0.4) is 0 Å². The number of hydrogen-bond donors (Lipinski definition) is 1. The van der Waals surface area contributed by atoms with Gasteiger partial charge in [0.2, 0.25) is 11.7 Å². The molecule has 1 amide bonds. The summed E-state index contributed by atoms with van der Waals surface area (Å²) in [5, 5.41) is 0. The molecule has 9 nitrogen and oxygen atoms in total. The Bertz CT molecular complexity index is 1290. The number of aromatic nitrogens is 5. The highest BCUT2D eigenvalue weighted by molar-refractivity contribution is 5.77. The number of amides is 1. The van der Waals surface area contributed by atoms with Gasteiger partial charge in [-0.2, -0.15) is 4.98 Å². The molecule has 0 radical (unpaired) electrons. The molecule has 0 spiro atoms. The second-order valence-electron chi connectivity index (χ2n) is 6.09. The van der Waals surface area contributed by atoms with Crippen LogP contribution in [0.2, 0.25) is 0 Å². The van der Waals surface area contributed by atoms with Crippen LogP contribution in [0, 0.1) is 6.92 Å². The molecule has 0 atom stereocenters. The maximum Gasteiger partial charge on any atom is 0.332 e. The molecule has 0 saturated carbocycles. The number of hydrogen-bond acceptors (Lipinski definition) is 4. The van der Waals surface area contributed by atoms with E-state index in [9.17, 15) is 14.4 Å². The summed E-state index contributed by atoms with van der Waals surface area (Å²) < 4.78 is 5.60. The predicted octanol–water partition coefficient (Wildman–Crippen LogP) is -0.0677. The molecule has 4 rings (SSSR count). The molecule has 3 heterocycles. The first-order valence-electron chi connectivity index (χ1n) is 7.94. The zero-order valence-corrected chi connectivity index (χ0v) is 14.2. The van der Waals surface area contributed by atoms with Crippen molar-refractivity contribution in [2.75, 3.05) is 0 Å². The maximum absolute atomic E-state index is 12.8. The van der Waals surface area contributed by atoms with Crippen LogP contribution in [0.25, 0.3) is 22.6 Å². The summed E-state index contributed by atoms with van der Waals surface area (Å²) in [6, 6.07) is 9.58. The fourth-order valence-electron chi connectivity index (χ4n) is 3.20. The Hall–Kier alpha value is -3.62. The Kier molecular flexibility index (Phi) is 3.33. The molecule has 9 heteroatoms. The van der Waals surface area contributed by atoms with E-state index in [-0.39, 0.29) is 11.2 Å². The summed E-state index contributed by atoms with van der Waals surface area (Å²) in [5.74, 6) is -0.255. The summed E-state index contributed by atoms with van der Waals surface area (Å²) in [6.07, 6.45) is 1.78. The highest BCUT2D eigenvalue weighted by Crippen LogP contribution is 2.20. The van der Waals surface area contributed by atoms with Crippen LogP contribution in [0.5, 0.6) is 0 Å². The van der Waals surface area contributed by atoms with Crippen molar-refractivity contribution in [1.29, 1.82) is 0 Å². The zero-order valence-electron chi connectivity index (χ0n) is 14.2. The standard InChI is InChI=1S/C17H16N6O3/c1-10-8-21-13-14(19-16(21)23(10)11-6-4-3-5-7-11)20(2)17(26)22(15(13)25)9-12(18)24/h3-8H,9H2,1-2H3,(H2,18,24). The van der Waals surface area contributed by atoms with Gasteiger partial charge in [0.1, 0.15) is 6.54 Å². The molecule has 0 aliphatic carbocycles. The van der Waals surface area contributed by atoms with Gasteiger partial charge in [-0.1, -0.05) is 18.2 Å². The van der Waals surface area contributed by atoms with Crippen molar-refractivity contribution in [3.8, 4) is 5.69 Å². The number of benzene rings is 1. The van der Waals surface area contributed by atoms with E-state index in [0.717, 1.165) is 15.9 Å². The van der Waals surface area contributed by atoms with Crippen LogP contribution >= 0.6 is 0 Å². The van der Waals surface area contributed by atoms with Gasteiger partial charge in [0.05, 0.1) is 0 Å². The lowest BCUT2D eigenvalue weighted by Crippen LogP contribution is -2.42. The summed E-state index contributed by atoms with van der Waals surface area (Å²) in [6.45, 7) is 1.42. The number of para-hydroxylation sites is 1. The van der Waals surface area contributed by atoms with E-state index in [2.05, 4.69) is 4.98 Å². The summed E-state index contributed by atoms with van der Waals surface area (Å²) in [4.78, 5) is 41.0. The number of aryl methyl sites for hydroxylation is 2. The monoisotopic (exact) mass is 352 g/mol. The maximum atomic E-state index is 12.8. The van der Waals surface area contributed by atoms with Crippen molar-refractivity contribution < 1.29 is 4.79 Å². The van der Waals surface area contributed by atoms with Crippen LogP contribution < -0.4 is 17.0 Å². The second kappa shape index (κ2) is 5.45. The van der Waals surface area contributed by atoms with E-state index in [1.165, 1.54) is 11.6 Å². The Balaban J connectivity index is 2.15. The number of primary amides is 1. The van der Waals surface area contributed by atoms with E-state index in [1.54, 1.807) is 10.6 Å². The normalized spacial score (nSPS) is 11.5. The predicted molar refractivity (Wildman–Crippen MR) is 95.5 cm³/mol. The van der Waals surface area contributed by atoms with Gasteiger partial charge in [0.25, 0.3) is 5.56 Å². The van der Waals surface area contributed by atoms with Gasteiger partial charge < -0.3 is 5.73 Å². The summed E-state index contributed by atoms with van der Waals surface area (Å²) >= 11 is 0. The average molecular weight is 352 g/mol. The van der Waals surface area contributed by atoms with Crippen molar-refractivity contribution in [3.63, 3.8) is 0 Å². The topological polar surface area (TPSA) is 109 Å². The number of nitrogens with two attached hydrogens (primary N) is 1. The third-order valence-corrected chi connectivity index (χ3v) is 4.35. The molecule has 26 heavy (non-hydrogen) atoms. The Labute approximate surface area is 146 Å². The zero-order chi connectivity index (χ0) is 18.6. The fourth-order valence-corrected chi connectivity index (χ4v) is 3.20. The third-order valence-electron chi connectivity index (χ3n) is 4.35. The molecule has 0 bridgehead atoms. The third kappa shape index (κ3) is 2.10. The van der Waals surface area contributed by atoms with Gasteiger partial charge in [-0.15, -0.1) is 0 Å². The average Bonchev–Trinajstić information content (AvgIpc) is 3.12. The lowest BCUT2D eigenvalue weighted by molar-refractivity contribution is -0.118. The highest BCUT2D eigenvalue weighted by Gasteiger charge is 2.21. The van der Waals surface area contributed by atoms with E-state index in [1.807, 2.05) is 41.8 Å². The minimum absolute atomic E-state index is 0.223.